The van der Waals surface area contributed by atoms with E-state index in [4.69, 9.17) is 13.9 Å². The Morgan fingerprint density at radius 3 is 2.54 bits per heavy atom. The Hall–Kier alpha value is -3.04. The summed E-state index contributed by atoms with van der Waals surface area (Å²) in [4.78, 5) is 0.00745. The number of rotatable bonds is 4. The molecule has 0 spiro atoms. The lowest BCUT2D eigenvalue weighted by molar-refractivity contribution is 0.446. The van der Waals surface area contributed by atoms with Crippen LogP contribution in [0.5, 0.6) is 0 Å². The number of hydrogen-bond acceptors (Lipinski definition) is 5. The number of aryl methyl sites for hydroxylation is 1. The van der Waals surface area contributed by atoms with Crippen LogP contribution in [0.15, 0.2) is 70.0 Å². The van der Waals surface area contributed by atoms with Gasteiger partial charge in [-0.1, -0.05) is 35.9 Å². The van der Waals surface area contributed by atoms with E-state index >= 15 is 0 Å². The molecule has 0 saturated heterocycles. The number of nitriles is 1. The fraction of sp³-hybridized carbons (Fsp3) is 0.0556. The van der Waals surface area contributed by atoms with Gasteiger partial charge in [0.05, 0.1) is 12.1 Å². The highest BCUT2D eigenvalue weighted by Crippen LogP contribution is 2.28. The van der Waals surface area contributed by atoms with Crippen molar-refractivity contribution >= 4 is 26.8 Å². The Bertz CT molecular complexity index is 1020. The van der Waals surface area contributed by atoms with Crippen LogP contribution in [0.2, 0.25) is 0 Å². The van der Waals surface area contributed by atoms with E-state index in [9.17, 15) is 8.42 Å². The van der Waals surface area contributed by atoms with Gasteiger partial charge in [-0.2, -0.15) is 13.7 Å². The van der Waals surface area contributed by atoms with Crippen molar-refractivity contribution in [2.75, 3.05) is 0 Å². The maximum Gasteiger partial charge on any atom is 0.339 e. The molecule has 0 amide bonds. The number of furan rings is 1. The first-order chi connectivity index (χ1) is 11.5. The topological polar surface area (TPSA) is 80.3 Å². The van der Waals surface area contributed by atoms with E-state index in [0.29, 0.717) is 5.58 Å². The molecule has 0 aliphatic heterocycles. The standard InChI is InChI=1S/C18H13NO4S/c1-13-6-8-15(9-7-13)24(20,21)23-17(10-11-19)18-12-14-4-2-3-5-16(14)22-18/h2-10,12H,1H3/b17-10+. The lowest BCUT2D eigenvalue weighted by Crippen LogP contribution is -2.05. The zero-order valence-corrected chi connectivity index (χ0v) is 13.6. The average molecular weight is 339 g/mol. The van der Waals surface area contributed by atoms with E-state index in [1.165, 1.54) is 12.1 Å². The zero-order chi connectivity index (χ0) is 17.2. The van der Waals surface area contributed by atoms with E-state index < -0.39 is 10.1 Å². The summed E-state index contributed by atoms with van der Waals surface area (Å²) in [7, 11) is -4.06. The second kappa shape index (κ2) is 6.22. The van der Waals surface area contributed by atoms with E-state index in [-0.39, 0.29) is 16.4 Å². The van der Waals surface area contributed by atoms with Crippen molar-refractivity contribution in [3.63, 3.8) is 0 Å². The largest absolute Gasteiger partial charge is 0.453 e. The van der Waals surface area contributed by atoms with Gasteiger partial charge in [-0.05, 0) is 31.2 Å². The fourth-order valence-corrected chi connectivity index (χ4v) is 3.10. The quantitative estimate of drug-likeness (QED) is 0.407. The lowest BCUT2D eigenvalue weighted by Gasteiger charge is -2.08. The molecule has 0 aliphatic rings. The first-order valence-corrected chi connectivity index (χ1v) is 8.50. The molecule has 0 unspecified atom stereocenters. The van der Waals surface area contributed by atoms with Gasteiger partial charge in [0.15, 0.2) is 11.5 Å². The predicted octanol–water partition coefficient (Wildman–Crippen LogP) is 4.01. The number of fused-ring (bicyclic) bond motifs is 1. The van der Waals surface area contributed by atoms with E-state index in [2.05, 4.69) is 0 Å². The number of allylic oxidation sites excluding steroid dienone is 1. The summed E-state index contributed by atoms with van der Waals surface area (Å²) >= 11 is 0. The molecule has 1 aromatic heterocycles. The summed E-state index contributed by atoms with van der Waals surface area (Å²) in [6.07, 6.45) is 1.00. The molecule has 6 heteroatoms. The van der Waals surface area contributed by atoms with Gasteiger partial charge in [0.2, 0.25) is 0 Å². The number of hydrogen-bond donors (Lipinski definition) is 0. The molecule has 0 bridgehead atoms. The molecule has 0 radical (unpaired) electrons. The van der Waals surface area contributed by atoms with Crippen molar-refractivity contribution in [2.24, 2.45) is 0 Å². The number of nitrogens with zero attached hydrogens (tertiary/aromatic N) is 1. The van der Waals surface area contributed by atoms with Crippen LogP contribution in [0.4, 0.5) is 0 Å². The monoisotopic (exact) mass is 339 g/mol. The Balaban J connectivity index is 1.99. The van der Waals surface area contributed by atoms with Crippen LogP contribution in [0.3, 0.4) is 0 Å². The third-order valence-electron chi connectivity index (χ3n) is 3.37. The van der Waals surface area contributed by atoms with Crippen molar-refractivity contribution in [2.45, 2.75) is 11.8 Å². The molecule has 0 N–H and O–H groups in total. The Morgan fingerprint density at radius 2 is 1.88 bits per heavy atom. The van der Waals surface area contributed by atoms with E-state index in [1.807, 2.05) is 19.1 Å². The van der Waals surface area contributed by atoms with Crippen molar-refractivity contribution in [3.05, 3.63) is 72.0 Å². The maximum atomic E-state index is 12.4. The third-order valence-corrected chi connectivity index (χ3v) is 4.62. The molecule has 0 atom stereocenters. The van der Waals surface area contributed by atoms with Gasteiger partial charge in [0, 0.05) is 5.39 Å². The van der Waals surface area contributed by atoms with Gasteiger partial charge in [0.25, 0.3) is 0 Å². The minimum Gasteiger partial charge on any atom is -0.453 e. The first-order valence-electron chi connectivity index (χ1n) is 7.09. The Labute approximate surface area is 139 Å². The van der Waals surface area contributed by atoms with Crippen LogP contribution >= 0.6 is 0 Å². The van der Waals surface area contributed by atoms with E-state index in [0.717, 1.165) is 17.0 Å². The second-order valence-corrected chi connectivity index (χ2v) is 6.68. The molecule has 0 aliphatic carbocycles. The fourth-order valence-electron chi connectivity index (χ4n) is 2.17. The Morgan fingerprint density at radius 1 is 1.17 bits per heavy atom. The van der Waals surface area contributed by atoms with Crippen LogP contribution in [0.25, 0.3) is 16.7 Å². The molecular formula is C18H13NO4S. The van der Waals surface area contributed by atoms with Crippen molar-refractivity contribution in [1.82, 2.24) is 0 Å². The summed E-state index contributed by atoms with van der Waals surface area (Å²) in [5.74, 6) is 0.0164. The summed E-state index contributed by atoms with van der Waals surface area (Å²) in [6, 6.07) is 16.9. The molecule has 2 aromatic carbocycles. The minimum absolute atomic E-state index is 0.00745. The predicted molar refractivity (Wildman–Crippen MR) is 89.3 cm³/mol. The molecule has 5 nitrogen and oxygen atoms in total. The lowest BCUT2D eigenvalue weighted by atomic mass is 10.2. The maximum absolute atomic E-state index is 12.4. The zero-order valence-electron chi connectivity index (χ0n) is 12.8. The molecule has 120 valence electrons. The van der Waals surface area contributed by atoms with Crippen molar-refractivity contribution < 1.29 is 17.0 Å². The summed E-state index contributed by atoms with van der Waals surface area (Å²) in [5, 5.41) is 9.72. The van der Waals surface area contributed by atoms with Crippen LogP contribution in [0.1, 0.15) is 11.3 Å². The first kappa shape index (κ1) is 15.8. The van der Waals surface area contributed by atoms with Gasteiger partial charge in [-0.15, -0.1) is 0 Å². The SMILES string of the molecule is Cc1ccc(S(=O)(=O)O/C(=C/C#N)c2cc3ccccc3o2)cc1. The van der Waals surface area contributed by atoms with Gasteiger partial charge in [0.1, 0.15) is 10.5 Å². The van der Waals surface area contributed by atoms with Crippen LogP contribution in [-0.2, 0) is 14.3 Å². The number of para-hydroxylation sites is 1. The summed E-state index contributed by atoms with van der Waals surface area (Å²) < 4.78 is 35.5. The van der Waals surface area contributed by atoms with Gasteiger partial charge in [-0.25, -0.2) is 0 Å². The van der Waals surface area contributed by atoms with Crippen molar-refractivity contribution in [1.29, 1.82) is 5.26 Å². The summed E-state index contributed by atoms with van der Waals surface area (Å²) in [6.45, 7) is 1.85. The highest BCUT2D eigenvalue weighted by Gasteiger charge is 2.21. The minimum atomic E-state index is -4.06. The molecule has 0 fully saturated rings. The molecule has 3 rings (SSSR count). The molecule has 3 aromatic rings. The highest BCUT2D eigenvalue weighted by atomic mass is 32.2. The molecule has 1 heterocycles. The van der Waals surface area contributed by atoms with Gasteiger partial charge in [-0.3, -0.25) is 0 Å². The molecule has 24 heavy (non-hydrogen) atoms. The van der Waals surface area contributed by atoms with Crippen LogP contribution in [0, 0.1) is 18.3 Å². The van der Waals surface area contributed by atoms with Gasteiger partial charge < -0.3 is 8.60 Å². The normalized spacial score (nSPS) is 12.1. The Kier molecular flexibility index (Phi) is 4.11. The average Bonchev–Trinajstić information content (AvgIpc) is 2.99. The van der Waals surface area contributed by atoms with Crippen LogP contribution < -0.4 is 0 Å². The summed E-state index contributed by atoms with van der Waals surface area (Å²) in [5.41, 5.74) is 1.51. The smallest absolute Gasteiger partial charge is 0.339 e. The van der Waals surface area contributed by atoms with Crippen LogP contribution in [-0.4, -0.2) is 8.42 Å². The molecular weight excluding hydrogens is 326 g/mol. The van der Waals surface area contributed by atoms with E-state index in [1.54, 1.807) is 36.4 Å². The number of benzene rings is 2. The van der Waals surface area contributed by atoms with Gasteiger partial charge >= 0.3 is 10.1 Å². The third kappa shape index (κ3) is 3.16. The second-order valence-electron chi connectivity index (χ2n) is 5.14. The highest BCUT2D eigenvalue weighted by molar-refractivity contribution is 7.87. The van der Waals surface area contributed by atoms with Crippen molar-refractivity contribution in [3.8, 4) is 6.07 Å². The molecule has 0 saturated carbocycles.